The van der Waals surface area contributed by atoms with Crippen LogP contribution in [0.1, 0.15) is 51.2 Å². The summed E-state index contributed by atoms with van der Waals surface area (Å²) in [6.07, 6.45) is 2.24. The zero-order valence-electron chi connectivity index (χ0n) is 16.8. The molecule has 2 N–H and O–H groups in total. The molecule has 0 bridgehead atoms. The van der Waals surface area contributed by atoms with Crippen LogP contribution < -0.4 is 10.6 Å². The van der Waals surface area contributed by atoms with Crippen molar-refractivity contribution >= 4 is 23.5 Å². The van der Waals surface area contributed by atoms with Crippen molar-refractivity contribution in [3.05, 3.63) is 29.3 Å². The van der Waals surface area contributed by atoms with Crippen LogP contribution >= 0.6 is 0 Å². The van der Waals surface area contributed by atoms with Gasteiger partial charge < -0.3 is 10.6 Å². The summed E-state index contributed by atoms with van der Waals surface area (Å²) < 4.78 is 0. The first kappa shape index (κ1) is 19.4. The first-order chi connectivity index (χ1) is 12.5. The van der Waals surface area contributed by atoms with Crippen LogP contribution in [0.3, 0.4) is 0 Å². The van der Waals surface area contributed by atoms with Gasteiger partial charge in [-0.3, -0.25) is 14.5 Å². The quantitative estimate of drug-likeness (QED) is 0.800. The highest BCUT2D eigenvalue weighted by Crippen LogP contribution is 2.46. The second-order valence-corrected chi connectivity index (χ2v) is 9.18. The molecule has 2 aliphatic rings. The van der Waals surface area contributed by atoms with Crippen molar-refractivity contribution in [2.45, 2.75) is 59.4 Å². The highest BCUT2D eigenvalue weighted by molar-refractivity contribution is 6.10. The fourth-order valence-corrected chi connectivity index (χ4v) is 5.04. The number of imide groups is 1. The van der Waals surface area contributed by atoms with Crippen LogP contribution in [0.5, 0.6) is 0 Å². The van der Waals surface area contributed by atoms with Crippen molar-refractivity contribution < 1.29 is 14.4 Å². The van der Waals surface area contributed by atoms with Gasteiger partial charge in [-0.2, -0.15) is 0 Å². The first-order valence-corrected chi connectivity index (χ1v) is 9.52. The van der Waals surface area contributed by atoms with E-state index in [1.165, 1.54) is 0 Å². The number of urea groups is 1. The number of aryl methyl sites for hydroxylation is 2. The van der Waals surface area contributed by atoms with Gasteiger partial charge in [-0.15, -0.1) is 0 Å². The van der Waals surface area contributed by atoms with Gasteiger partial charge in [0.2, 0.25) is 5.91 Å². The Bertz CT molecular complexity index is 782. The Morgan fingerprint density at radius 2 is 1.81 bits per heavy atom. The van der Waals surface area contributed by atoms with Gasteiger partial charge in [-0.25, -0.2) is 4.79 Å². The van der Waals surface area contributed by atoms with Gasteiger partial charge in [0.1, 0.15) is 12.1 Å². The Hall–Kier alpha value is -2.37. The Morgan fingerprint density at radius 1 is 1.19 bits per heavy atom. The van der Waals surface area contributed by atoms with Gasteiger partial charge in [-0.05, 0) is 67.7 Å². The maximum absolute atomic E-state index is 13.1. The number of anilines is 1. The largest absolute Gasteiger partial charge is 0.325 e. The van der Waals surface area contributed by atoms with Crippen molar-refractivity contribution in [1.29, 1.82) is 0 Å². The van der Waals surface area contributed by atoms with E-state index < -0.39 is 11.6 Å². The average molecular weight is 371 g/mol. The molecule has 27 heavy (non-hydrogen) atoms. The summed E-state index contributed by atoms with van der Waals surface area (Å²) >= 11 is 0. The normalized spacial score (nSPS) is 27.0. The molecule has 146 valence electrons. The molecule has 6 heteroatoms. The van der Waals surface area contributed by atoms with Crippen molar-refractivity contribution in [3.8, 4) is 0 Å². The highest BCUT2D eigenvalue weighted by Gasteiger charge is 2.56. The summed E-state index contributed by atoms with van der Waals surface area (Å²) in [6, 6.07) is 5.27. The Kier molecular flexibility index (Phi) is 4.78. The molecule has 1 heterocycles. The molecule has 0 aromatic heterocycles. The predicted octanol–water partition coefficient (Wildman–Crippen LogP) is 3.38. The molecule has 2 fully saturated rings. The van der Waals surface area contributed by atoms with Crippen LogP contribution in [-0.2, 0) is 9.59 Å². The van der Waals surface area contributed by atoms with Crippen LogP contribution in [0.2, 0.25) is 0 Å². The lowest BCUT2D eigenvalue weighted by Crippen LogP contribution is -2.54. The number of rotatable bonds is 3. The third-order valence-corrected chi connectivity index (χ3v) is 5.43. The van der Waals surface area contributed by atoms with Gasteiger partial charge in [0.15, 0.2) is 0 Å². The third-order valence-electron chi connectivity index (χ3n) is 5.43. The standard InChI is InChI=1S/C21H29N3O3/c1-13-6-14(2)8-16(7-13)22-17(25)11-24-18(26)21(23-19(24)27)10-15(3)9-20(4,5)12-21/h6-8,15H,9-12H2,1-5H3,(H,22,25)(H,23,27)/t15-,21+/m0/s1. The fraction of sp³-hybridized carbons (Fsp3) is 0.571. The van der Waals surface area contributed by atoms with Crippen LogP contribution in [0.15, 0.2) is 18.2 Å². The van der Waals surface area contributed by atoms with E-state index in [-0.39, 0.29) is 23.8 Å². The van der Waals surface area contributed by atoms with Crippen LogP contribution in [0, 0.1) is 25.2 Å². The van der Waals surface area contributed by atoms with Gasteiger partial charge in [0, 0.05) is 5.69 Å². The molecule has 4 amide bonds. The number of hydrogen-bond donors (Lipinski definition) is 2. The van der Waals surface area contributed by atoms with E-state index in [9.17, 15) is 14.4 Å². The van der Waals surface area contributed by atoms with Crippen LogP contribution in [-0.4, -0.2) is 34.8 Å². The second-order valence-electron chi connectivity index (χ2n) is 9.18. The predicted molar refractivity (Wildman–Crippen MR) is 104 cm³/mol. The molecule has 1 saturated heterocycles. The molecular formula is C21H29N3O3. The summed E-state index contributed by atoms with van der Waals surface area (Å²) in [7, 11) is 0. The SMILES string of the molecule is Cc1cc(C)cc(NC(=O)CN2C(=O)N[C@@]3(C[C@@H](C)CC(C)(C)C3)C2=O)c1. The number of hydrogen-bond acceptors (Lipinski definition) is 3. The molecule has 1 aliphatic carbocycles. The zero-order valence-corrected chi connectivity index (χ0v) is 16.8. The minimum absolute atomic E-state index is 0.0298. The van der Waals surface area contributed by atoms with Crippen molar-refractivity contribution in [2.24, 2.45) is 11.3 Å². The number of nitrogens with one attached hydrogen (secondary N) is 2. The smallest absolute Gasteiger partial charge is 0.325 e. The summed E-state index contributed by atoms with van der Waals surface area (Å²) in [4.78, 5) is 39.1. The number of benzene rings is 1. The van der Waals surface area contributed by atoms with Gasteiger partial charge >= 0.3 is 6.03 Å². The number of nitrogens with zero attached hydrogens (tertiary/aromatic N) is 1. The van der Waals surface area contributed by atoms with Crippen molar-refractivity contribution in [3.63, 3.8) is 0 Å². The topological polar surface area (TPSA) is 78.5 Å². The lowest BCUT2D eigenvalue weighted by molar-refractivity contribution is -0.136. The molecule has 1 spiro atoms. The van der Waals surface area contributed by atoms with E-state index in [0.717, 1.165) is 22.4 Å². The molecule has 1 saturated carbocycles. The van der Waals surface area contributed by atoms with Crippen molar-refractivity contribution in [1.82, 2.24) is 10.2 Å². The average Bonchev–Trinajstić information content (AvgIpc) is 2.67. The summed E-state index contributed by atoms with van der Waals surface area (Å²) in [5.41, 5.74) is 1.85. The molecule has 1 aromatic rings. The minimum atomic E-state index is -0.877. The molecule has 0 radical (unpaired) electrons. The summed E-state index contributed by atoms with van der Waals surface area (Å²) in [5.74, 6) is -0.312. The lowest BCUT2D eigenvalue weighted by atomic mass is 9.64. The van der Waals surface area contributed by atoms with E-state index in [1.807, 2.05) is 32.0 Å². The van der Waals surface area contributed by atoms with E-state index in [4.69, 9.17) is 0 Å². The van der Waals surface area contributed by atoms with Crippen molar-refractivity contribution in [2.75, 3.05) is 11.9 Å². The summed E-state index contributed by atoms with van der Waals surface area (Å²) in [6.45, 7) is 10.00. The van der Waals surface area contributed by atoms with E-state index in [2.05, 4.69) is 31.4 Å². The number of carbonyl (C=O) groups is 3. The molecule has 1 aliphatic heterocycles. The minimum Gasteiger partial charge on any atom is -0.325 e. The fourth-order valence-electron chi connectivity index (χ4n) is 5.04. The van der Waals surface area contributed by atoms with Gasteiger partial charge in [0.05, 0.1) is 0 Å². The molecule has 1 aromatic carbocycles. The molecule has 0 unspecified atom stereocenters. The van der Waals surface area contributed by atoms with E-state index in [0.29, 0.717) is 24.4 Å². The monoisotopic (exact) mass is 371 g/mol. The number of carbonyl (C=O) groups excluding carboxylic acids is 3. The molecular weight excluding hydrogens is 342 g/mol. The molecule has 3 rings (SSSR count). The van der Waals surface area contributed by atoms with Gasteiger partial charge in [0.25, 0.3) is 5.91 Å². The Balaban J connectivity index is 1.73. The molecule has 2 atom stereocenters. The van der Waals surface area contributed by atoms with Gasteiger partial charge in [-0.1, -0.05) is 26.8 Å². The zero-order chi connectivity index (χ0) is 20.0. The van der Waals surface area contributed by atoms with E-state index in [1.54, 1.807) is 0 Å². The highest BCUT2D eigenvalue weighted by atomic mass is 16.2. The maximum atomic E-state index is 13.1. The summed E-state index contributed by atoms with van der Waals surface area (Å²) in [5, 5.41) is 5.70. The maximum Gasteiger partial charge on any atom is 0.325 e. The Morgan fingerprint density at radius 3 is 2.41 bits per heavy atom. The molecule has 6 nitrogen and oxygen atoms in total. The first-order valence-electron chi connectivity index (χ1n) is 9.52. The van der Waals surface area contributed by atoms with E-state index >= 15 is 0 Å². The lowest BCUT2D eigenvalue weighted by Gasteiger charge is -2.43. The van der Waals surface area contributed by atoms with Crippen LogP contribution in [0.25, 0.3) is 0 Å². The van der Waals surface area contributed by atoms with Crippen LogP contribution in [0.4, 0.5) is 10.5 Å². The third kappa shape index (κ3) is 3.99. The second kappa shape index (κ2) is 6.66. The number of amides is 4. The Labute approximate surface area is 160 Å².